The maximum atomic E-state index is 11.6. The van der Waals surface area contributed by atoms with Crippen molar-refractivity contribution in [3.05, 3.63) is 35.9 Å². The first-order valence-electron chi connectivity index (χ1n) is 7.38. The highest BCUT2D eigenvalue weighted by molar-refractivity contribution is 7.66. The second-order valence-electron chi connectivity index (χ2n) is 5.66. The van der Waals surface area contributed by atoms with E-state index in [1.165, 1.54) is 0 Å². The van der Waals surface area contributed by atoms with Gasteiger partial charge in [0.15, 0.2) is 0 Å². The Morgan fingerprint density at radius 1 is 0.923 bits per heavy atom. The van der Waals surface area contributed by atoms with Gasteiger partial charge in [0, 0.05) is 0 Å². The van der Waals surface area contributed by atoms with Crippen molar-refractivity contribution in [3.63, 3.8) is 0 Å². The van der Waals surface area contributed by atoms with Gasteiger partial charge in [-0.1, -0.05) is 30.3 Å². The number of ether oxygens (including phenoxy) is 1. The SMILES string of the molecule is O=P(O)(O)OP(=O)(O)OP(=O)(O)O[C@H]1C[C@H](COCc2ccccc2)C1. The molecular formula is C12H19O11P3. The smallest absolute Gasteiger partial charge is 0.376 e. The van der Waals surface area contributed by atoms with Crippen LogP contribution in [0.4, 0.5) is 0 Å². The third-order valence-corrected chi connectivity index (χ3v) is 7.25. The van der Waals surface area contributed by atoms with Gasteiger partial charge in [-0.05, 0) is 24.3 Å². The molecule has 2 atom stereocenters. The highest BCUT2D eigenvalue weighted by atomic mass is 31.3. The van der Waals surface area contributed by atoms with Gasteiger partial charge in [-0.2, -0.15) is 8.62 Å². The molecule has 0 spiro atoms. The van der Waals surface area contributed by atoms with Crippen LogP contribution in [0.5, 0.6) is 0 Å². The third kappa shape index (κ3) is 8.08. The number of phosphoric ester groups is 1. The molecule has 0 aliphatic heterocycles. The summed E-state index contributed by atoms with van der Waals surface area (Å²) in [4.78, 5) is 35.3. The summed E-state index contributed by atoms with van der Waals surface area (Å²) in [5.74, 6) is 0.0796. The Hall–Kier alpha value is -0.410. The summed E-state index contributed by atoms with van der Waals surface area (Å²) in [5.41, 5.74) is 1.01. The van der Waals surface area contributed by atoms with Gasteiger partial charge in [-0.3, -0.25) is 4.52 Å². The summed E-state index contributed by atoms with van der Waals surface area (Å²) in [6, 6.07) is 9.50. The molecule has 1 saturated carbocycles. The van der Waals surface area contributed by atoms with E-state index in [0.29, 0.717) is 26.1 Å². The summed E-state index contributed by atoms with van der Waals surface area (Å²) in [6.07, 6.45) is 0.00135. The molecule has 0 bridgehead atoms. The zero-order valence-corrected chi connectivity index (χ0v) is 16.0. The van der Waals surface area contributed by atoms with Gasteiger partial charge in [0.1, 0.15) is 0 Å². The van der Waals surface area contributed by atoms with Gasteiger partial charge >= 0.3 is 23.5 Å². The van der Waals surface area contributed by atoms with Crippen LogP contribution in [0.15, 0.2) is 30.3 Å². The van der Waals surface area contributed by atoms with E-state index in [4.69, 9.17) is 19.4 Å². The van der Waals surface area contributed by atoms with E-state index < -0.39 is 29.6 Å². The Labute approximate surface area is 149 Å². The fraction of sp³-hybridized carbons (Fsp3) is 0.500. The lowest BCUT2D eigenvalue weighted by molar-refractivity contribution is -0.0139. The topological polar surface area (TPSA) is 169 Å². The van der Waals surface area contributed by atoms with Gasteiger partial charge in [0.2, 0.25) is 0 Å². The summed E-state index contributed by atoms with van der Waals surface area (Å²) in [5, 5.41) is 0. The third-order valence-electron chi connectivity index (χ3n) is 3.36. The largest absolute Gasteiger partial charge is 0.490 e. The highest BCUT2D eigenvalue weighted by Crippen LogP contribution is 2.67. The lowest BCUT2D eigenvalue weighted by Gasteiger charge is -2.35. The molecule has 0 amide bonds. The Morgan fingerprint density at radius 2 is 1.54 bits per heavy atom. The van der Waals surface area contributed by atoms with Crippen LogP contribution in [0.1, 0.15) is 18.4 Å². The van der Waals surface area contributed by atoms with Crippen molar-refractivity contribution in [2.24, 2.45) is 5.92 Å². The molecule has 14 heteroatoms. The molecule has 26 heavy (non-hydrogen) atoms. The summed E-state index contributed by atoms with van der Waals surface area (Å²) < 4.78 is 50.9. The zero-order chi connectivity index (χ0) is 19.4. The van der Waals surface area contributed by atoms with Crippen molar-refractivity contribution in [2.75, 3.05) is 6.61 Å². The first-order chi connectivity index (χ1) is 11.9. The van der Waals surface area contributed by atoms with Crippen LogP contribution in [0.3, 0.4) is 0 Å². The Balaban J connectivity index is 1.69. The van der Waals surface area contributed by atoms with E-state index in [2.05, 4.69) is 13.1 Å². The normalized spacial score (nSPS) is 25.1. The summed E-state index contributed by atoms with van der Waals surface area (Å²) in [6.45, 7) is 0.836. The lowest BCUT2D eigenvalue weighted by atomic mass is 9.83. The van der Waals surface area contributed by atoms with Crippen LogP contribution >= 0.6 is 23.5 Å². The second-order valence-corrected chi connectivity index (χ2v) is 10.0. The average molecular weight is 432 g/mol. The van der Waals surface area contributed by atoms with Crippen molar-refractivity contribution in [2.45, 2.75) is 25.6 Å². The Bertz CT molecular complexity index is 727. The molecule has 2 rings (SSSR count). The fourth-order valence-electron chi connectivity index (χ4n) is 2.30. The van der Waals surface area contributed by atoms with Gasteiger partial charge in [0.05, 0.1) is 19.3 Å². The van der Waals surface area contributed by atoms with Gasteiger partial charge in [0.25, 0.3) is 0 Å². The minimum atomic E-state index is -5.47. The molecule has 1 aliphatic rings. The predicted octanol–water partition coefficient (Wildman–Crippen LogP) is 2.33. The van der Waals surface area contributed by atoms with Gasteiger partial charge in [-0.25, -0.2) is 13.7 Å². The Kier molecular flexibility index (Phi) is 7.35. The van der Waals surface area contributed by atoms with E-state index in [9.17, 15) is 18.6 Å². The highest BCUT2D eigenvalue weighted by Gasteiger charge is 2.43. The molecule has 0 heterocycles. The quantitative estimate of drug-likeness (QED) is 0.400. The number of hydrogen-bond acceptors (Lipinski definition) is 7. The summed E-state index contributed by atoms with van der Waals surface area (Å²) in [7, 11) is -15.9. The molecule has 11 nitrogen and oxygen atoms in total. The van der Waals surface area contributed by atoms with Crippen LogP contribution < -0.4 is 0 Å². The van der Waals surface area contributed by atoms with E-state index in [-0.39, 0.29) is 5.92 Å². The molecule has 1 aliphatic carbocycles. The van der Waals surface area contributed by atoms with Crippen LogP contribution in [0.25, 0.3) is 0 Å². The monoisotopic (exact) mass is 432 g/mol. The molecule has 1 aromatic carbocycles. The van der Waals surface area contributed by atoms with Crippen molar-refractivity contribution in [1.82, 2.24) is 0 Å². The molecular weight excluding hydrogens is 413 g/mol. The molecule has 2 unspecified atom stereocenters. The fourth-order valence-corrected chi connectivity index (χ4v) is 5.51. The lowest BCUT2D eigenvalue weighted by Crippen LogP contribution is -2.33. The molecule has 0 aromatic heterocycles. The minimum Gasteiger partial charge on any atom is -0.376 e. The Morgan fingerprint density at radius 3 is 2.12 bits per heavy atom. The second kappa shape index (κ2) is 8.73. The van der Waals surface area contributed by atoms with Crippen LogP contribution in [0, 0.1) is 5.92 Å². The van der Waals surface area contributed by atoms with Crippen molar-refractivity contribution in [3.8, 4) is 0 Å². The molecule has 4 N–H and O–H groups in total. The maximum Gasteiger partial charge on any atom is 0.490 e. The molecule has 1 fully saturated rings. The molecule has 148 valence electrons. The standard InChI is InChI=1S/C12H19O11P3/c13-24(14,15)22-26(18,19)23-25(16,17)21-12-6-11(7-12)9-20-8-10-4-2-1-3-5-10/h1-5,11-12H,6-9H2,(H,16,17)(H,18,19)(H2,13,14,15)/t11-,12-. The first-order valence-corrected chi connectivity index (χ1v) is 11.9. The molecule has 1 aromatic rings. The van der Waals surface area contributed by atoms with Gasteiger partial charge < -0.3 is 24.3 Å². The molecule has 0 saturated heterocycles. The first kappa shape index (κ1) is 21.9. The van der Waals surface area contributed by atoms with E-state index in [1.54, 1.807) is 0 Å². The van der Waals surface area contributed by atoms with Crippen LogP contribution in [0.2, 0.25) is 0 Å². The van der Waals surface area contributed by atoms with E-state index in [0.717, 1.165) is 5.56 Å². The number of phosphoric acid groups is 3. The number of rotatable bonds is 10. The predicted molar refractivity (Wildman–Crippen MR) is 87.6 cm³/mol. The number of benzene rings is 1. The average Bonchev–Trinajstić information content (AvgIpc) is 2.41. The summed E-state index contributed by atoms with van der Waals surface area (Å²) >= 11 is 0. The zero-order valence-electron chi connectivity index (χ0n) is 13.4. The van der Waals surface area contributed by atoms with Crippen LogP contribution in [-0.4, -0.2) is 32.3 Å². The minimum absolute atomic E-state index is 0.0796. The number of hydrogen-bond donors (Lipinski definition) is 4. The van der Waals surface area contributed by atoms with E-state index in [1.807, 2.05) is 30.3 Å². The maximum absolute atomic E-state index is 11.6. The van der Waals surface area contributed by atoms with Gasteiger partial charge in [-0.15, -0.1) is 0 Å². The van der Waals surface area contributed by atoms with Crippen molar-refractivity contribution < 1.29 is 51.2 Å². The van der Waals surface area contributed by atoms with E-state index >= 15 is 0 Å². The molecule has 0 radical (unpaired) electrons. The van der Waals surface area contributed by atoms with Crippen molar-refractivity contribution >= 4 is 23.5 Å². The van der Waals surface area contributed by atoms with Crippen LogP contribution in [-0.2, 0) is 38.2 Å². The van der Waals surface area contributed by atoms with Crippen molar-refractivity contribution in [1.29, 1.82) is 0 Å².